The number of ketones is 1. The van der Waals surface area contributed by atoms with Crippen molar-refractivity contribution in [2.24, 2.45) is 5.41 Å². The molecule has 1 aromatic rings. The standard InChI is InChI=1S/C18H19F3N2O3S/c1-17(2,3)13(24)8-16-23(15(26)10-27-16)9-14(25)22-12-7-5-4-6-11(12)18(19,20)21/h4-8H,9-10H2,1-3H3,(H,22,25)/b16-8-. The minimum absolute atomic E-state index is 0.0652. The lowest BCUT2D eigenvalue weighted by molar-refractivity contribution is -0.137. The lowest BCUT2D eigenvalue weighted by Gasteiger charge is -2.19. The molecule has 2 amide bonds. The molecule has 0 bridgehead atoms. The van der Waals surface area contributed by atoms with E-state index in [2.05, 4.69) is 5.32 Å². The summed E-state index contributed by atoms with van der Waals surface area (Å²) in [6.07, 6.45) is -3.32. The molecule has 1 saturated heterocycles. The average molecular weight is 400 g/mol. The van der Waals surface area contributed by atoms with E-state index in [1.807, 2.05) is 0 Å². The molecule has 1 heterocycles. The van der Waals surface area contributed by atoms with Crippen LogP contribution in [0.15, 0.2) is 35.4 Å². The molecular weight excluding hydrogens is 381 g/mol. The number of allylic oxidation sites excluding steroid dienone is 1. The van der Waals surface area contributed by atoms with Gasteiger partial charge in [-0.1, -0.05) is 44.7 Å². The second-order valence-electron chi connectivity index (χ2n) is 6.96. The van der Waals surface area contributed by atoms with Gasteiger partial charge in [0.25, 0.3) is 0 Å². The molecule has 2 rings (SSSR count). The maximum absolute atomic E-state index is 13.0. The van der Waals surface area contributed by atoms with Crippen LogP contribution in [0.3, 0.4) is 0 Å². The van der Waals surface area contributed by atoms with Gasteiger partial charge in [0.15, 0.2) is 5.78 Å². The Balaban J connectivity index is 2.16. The summed E-state index contributed by atoms with van der Waals surface area (Å²) in [7, 11) is 0. The van der Waals surface area contributed by atoms with Crippen molar-refractivity contribution in [3.8, 4) is 0 Å². The SMILES string of the molecule is CC(C)(C)C(=O)/C=C1\SCC(=O)N1CC(=O)Nc1ccccc1C(F)(F)F. The first-order valence-electron chi connectivity index (χ1n) is 8.05. The summed E-state index contributed by atoms with van der Waals surface area (Å²) in [6.45, 7) is 4.69. The number of carbonyl (C=O) groups excluding carboxylic acids is 3. The van der Waals surface area contributed by atoms with Gasteiger partial charge in [-0.15, -0.1) is 0 Å². The Labute approximate surface area is 159 Å². The van der Waals surface area contributed by atoms with Crippen molar-refractivity contribution in [1.29, 1.82) is 0 Å². The molecule has 1 aliphatic rings. The number of benzene rings is 1. The number of nitrogens with zero attached hydrogens (tertiary/aromatic N) is 1. The van der Waals surface area contributed by atoms with Gasteiger partial charge in [-0.05, 0) is 12.1 Å². The van der Waals surface area contributed by atoms with Crippen LogP contribution in [-0.2, 0) is 20.6 Å². The van der Waals surface area contributed by atoms with E-state index >= 15 is 0 Å². The third-order valence-electron chi connectivity index (χ3n) is 3.71. The van der Waals surface area contributed by atoms with Crippen LogP contribution < -0.4 is 5.32 Å². The summed E-state index contributed by atoms with van der Waals surface area (Å²) in [5.41, 5.74) is -2.01. The summed E-state index contributed by atoms with van der Waals surface area (Å²) >= 11 is 1.12. The van der Waals surface area contributed by atoms with Crippen molar-refractivity contribution in [1.82, 2.24) is 4.90 Å². The molecule has 0 spiro atoms. The highest BCUT2D eigenvalue weighted by Crippen LogP contribution is 2.35. The number of thioether (sulfide) groups is 1. The molecule has 9 heteroatoms. The van der Waals surface area contributed by atoms with Gasteiger partial charge in [-0.3, -0.25) is 19.3 Å². The third-order valence-corrected chi connectivity index (χ3v) is 4.74. The van der Waals surface area contributed by atoms with E-state index < -0.39 is 29.6 Å². The van der Waals surface area contributed by atoms with Gasteiger partial charge < -0.3 is 5.32 Å². The third kappa shape index (κ3) is 5.35. The fourth-order valence-corrected chi connectivity index (χ4v) is 3.14. The van der Waals surface area contributed by atoms with Gasteiger partial charge in [0.05, 0.1) is 22.0 Å². The molecule has 0 aliphatic carbocycles. The van der Waals surface area contributed by atoms with Gasteiger partial charge in [0, 0.05) is 11.5 Å². The number of hydrogen-bond donors (Lipinski definition) is 1. The van der Waals surface area contributed by atoms with E-state index in [1.165, 1.54) is 18.2 Å². The van der Waals surface area contributed by atoms with Crippen LogP contribution in [0.5, 0.6) is 0 Å². The molecule has 146 valence electrons. The summed E-state index contributed by atoms with van der Waals surface area (Å²) in [6, 6.07) is 4.59. The number of anilines is 1. The number of carbonyl (C=O) groups is 3. The van der Waals surface area contributed by atoms with Gasteiger partial charge >= 0.3 is 6.18 Å². The molecule has 1 fully saturated rings. The van der Waals surface area contributed by atoms with E-state index in [0.29, 0.717) is 5.03 Å². The molecule has 1 aromatic carbocycles. The Bertz CT molecular complexity index is 798. The first-order valence-corrected chi connectivity index (χ1v) is 9.03. The molecular formula is C18H19F3N2O3S. The van der Waals surface area contributed by atoms with Crippen LogP contribution in [0.25, 0.3) is 0 Å². The number of alkyl halides is 3. The van der Waals surface area contributed by atoms with Crippen LogP contribution in [0.1, 0.15) is 26.3 Å². The molecule has 0 atom stereocenters. The van der Waals surface area contributed by atoms with Gasteiger partial charge in [0.1, 0.15) is 6.54 Å². The van der Waals surface area contributed by atoms with Crippen LogP contribution in [0.4, 0.5) is 18.9 Å². The van der Waals surface area contributed by atoms with Gasteiger partial charge in [0.2, 0.25) is 11.8 Å². The van der Waals surface area contributed by atoms with Crippen molar-refractivity contribution in [2.45, 2.75) is 26.9 Å². The summed E-state index contributed by atoms with van der Waals surface area (Å²) in [5.74, 6) is -1.31. The number of hydrogen-bond acceptors (Lipinski definition) is 4. The predicted molar refractivity (Wildman–Crippen MR) is 96.8 cm³/mol. The number of halogens is 3. The zero-order chi connectivity index (χ0) is 20.4. The Morgan fingerprint density at radius 1 is 1.22 bits per heavy atom. The lowest BCUT2D eigenvalue weighted by atomic mass is 9.91. The molecule has 27 heavy (non-hydrogen) atoms. The molecule has 0 aromatic heterocycles. The van der Waals surface area contributed by atoms with E-state index in [9.17, 15) is 27.6 Å². The van der Waals surface area contributed by atoms with Crippen molar-refractivity contribution < 1.29 is 27.6 Å². The van der Waals surface area contributed by atoms with E-state index in [4.69, 9.17) is 0 Å². The van der Waals surface area contributed by atoms with Crippen LogP contribution in [0.2, 0.25) is 0 Å². The average Bonchev–Trinajstić information content (AvgIpc) is 2.86. The highest BCUT2D eigenvalue weighted by molar-refractivity contribution is 8.04. The van der Waals surface area contributed by atoms with E-state index in [1.54, 1.807) is 20.8 Å². The minimum atomic E-state index is -4.62. The predicted octanol–water partition coefficient (Wildman–Crippen LogP) is 3.68. The highest BCUT2D eigenvalue weighted by Gasteiger charge is 2.34. The van der Waals surface area contributed by atoms with Crippen molar-refractivity contribution in [3.63, 3.8) is 0 Å². The zero-order valence-corrected chi connectivity index (χ0v) is 15.8. The smallest absolute Gasteiger partial charge is 0.324 e. The largest absolute Gasteiger partial charge is 0.418 e. The maximum Gasteiger partial charge on any atom is 0.418 e. The second-order valence-corrected chi connectivity index (χ2v) is 7.95. The molecule has 1 N–H and O–H groups in total. The Hall–Kier alpha value is -2.29. The number of para-hydroxylation sites is 1. The Kier molecular flexibility index (Phi) is 6.04. The summed E-state index contributed by atoms with van der Waals surface area (Å²) < 4.78 is 39.1. The Morgan fingerprint density at radius 2 is 1.85 bits per heavy atom. The zero-order valence-electron chi connectivity index (χ0n) is 15.0. The molecule has 5 nitrogen and oxygen atoms in total. The van der Waals surface area contributed by atoms with E-state index in [-0.39, 0.29) is 23.1 Å². The monoisotopic (exact) mass is 400 g/mol. The topological polar surface area (TPSA) is 66.5 Å². The summed E-state index contributed by atoms with van der Waals surface area (Å²) in [5, 5.41) is 2.51. The maximum atomic E-state index is 13.0. The summed E-state index contributed by atoms with van der Waals surface area (Å²) in [4.78, 5) is 37.5. The molecule has 0 unspecified atom stereocenters. The first-order chi connectivity index (χ1) is 12.4. The second kappa shape index (κ2) is 7.75. The molecule has 0 radical (unpaired) electrons. The normalized spacial score (nSPS) is 16.7. The molecule has 0 saturated carbocycles. The van der Waals surface area contributed by atoms with Gasteiger partial charge in [-0.25, -0.2) is 0 Å². The van der Waals surface area contributed by atoms with Crippen molar-refractivity contribution in [2.75, 3.05) is 17.6 Å². The fourth-order valence-electron chi connectivity index (χ4n) is 2.20. The quantitative estimate of drug-likeness (QED) is 0.783. The van der Waals surface area contributed by atoms with Crippen LogP contribution in [0, 0.1) is 5.41 Å². The number of amides is 2. The number of nitrogens with one attached hydrogen (secondary N) is 1. The first kappa shape index (κ1) is 21.0. The fraction of sp³-hybridized carbons (Fsp3) is 0.389. The van der Waals surface area contributed by atoms with Crippen molar-refractivity contribution in [3.05, 3.63) is 40.9 Å². The molecule has 1 aliphatic heterocycles. The van der Waals surface area contributed by atoms with Crippen LogP contribution >= 0.6 is 11.8 Å². The lowest BCUT2D eigenvalue weighted by Crippen LogP contribution is -2.34. The highest BCUT2D eigenvalue weighted by atomic mass is 32.2. The minimum Gasteiger partial charge on any atom is -0.324 e. The number of rotatable bonds is 4. The Morgan fingerprint density at radius 3 is 2.44 bits per heavy atom. The van der Waals surface area contributed by atoms with Gasteiger partial charge in [-0.2, -0.15) is 13.2 Å². The van der Waals surface area contributed by atoms with Crippen molar-refractivity contribution >= 4 is 35.0 Å². The van der Waals surface area contributed by atoms with E-state index in [0.717, 1.165) is 28.8 Å². The van der Waals surface area contributed by atoms with Crippen LogP contribution in [-0.4, -0.2) is 34.8 Å².